The van der Waals surface area contributed by atoms with Crippen LogP contribution in [0.15, 0.2) is 194 Å². The van der Waals surface area contributed by atoms with Gasteiger partial charge < -0.3 is 14.5 Å². The molecular formula is C68H72N4O. The molecule has 0 aliphatic carbocycles. The molecule has 0 N–H and O–H groups in total. The van der Waals surface area contributed by atoms with Gasteiger partial charge in [0.1, 0.15) is 17.3 Å². The van der Waals surface area contributed by atoms with Crippen molar-refractivity contribution in [3.05, 3.63) is 227 Å². The molecule has 73 heavy (non-hydrogen) atoms. The van der Waals surface area contributed by atoms with Gasteiger partial charge in [-0.3, -0.25) is 4.57 Å². The Hall–Kier alpha value is -7.37. The van der Waals surface area contributed by atoms with Crippen LogP contribution in [0, 0.1) is 0 Å². The molecule has 3 heterocycles. The number of allylic oxidation sites excluding steroid dienone is 1. The molecule has 0 radical (unpaired) electrons. The van der Waals surface area contributed by atoms with Gasteiger partial charge in [-0.1, -0.05) is 193 Å². The summed E-state index contributed by atoms with van der Waals surface area (Å²) in [6.45, 7) is 30.6. The zero-order valence-electron chi connectivity index (χ0n) is 45.3. The van der Waals surface area contributed by atoms with E-state index in [1.54, 1.807) is 0 Å². The summed E-state index contributed by atoms with van der Waals surface area (Å²) < 4.78 is 9.48. The quantitative estimate of drug-likeness (QED) is 0.137. The number of rotatable bonds is 10. The number of ether oxygens (including phenoxy) is 1. The number of pyridine rings is 1. The zero-order valence-corrected chi connectivity index (χ0v) is 45.3. The maximum atomic E-state index is 7.16. The van der Waals surface area contributed by atoms with E-state index in [9.17, 15) is 0 Å². The Morgan fingerprint density at radius 3 is 1.66 bits per heavy atom. The first-order valence-corrected chi connectivity index (χ1v) is 26.0. The van der Waals surface area contributed by atoms with Crippen LogP contribution in [0.4, 0.5) is 11.4 Å². The van der Waals surface area contributed by atoms with Crippen LogP contribution in [-0.4, -0.2) is 16.2 Å². The molecule has 9 aromatic rings. The van der Waals surface area contributed by atoms with Gasteiger partial charge in [-0.2, -0.15) is 0 Å². The predicted octanol–water partition coefficient (Wildman–Crippen LogP) is 18.0. The van der Waals surface area contributed by atoms with Gasteiger partial charge in [-0.05, 0) is 121 Å². The van der Waals surface area contributed by atoms with Crippen molar-refractivity contribution in [1.82, 2.24) is 9.55 Å². The van der Waals surface area contributed by atoms with Crippen molar-refractivity contribution in [3.8, 4) is 28.4 Å². The van der Waals surface area contributed by atoms with Crippen LogP contribution in [0.25, 0.3) is 38.8 Å². The lowest BCUT2D eigenvalue weighted by atomic mass is 9.75. The highest BCUT2D eigenvalue weighted by atomic mass is 16.5. The van der Waals surface area contributed by atoms with Gasteiger partial charge in [0, 0.05) is 63.2 Å². The number of aromatic nitrogens is 2. The molecule has 1 aliphatic rings. The molecule has 7 aromatic carbocycles. The van der Waals surface area contributed by atoms with Gasteiger partial charge in [-0.25, -0.2) is 4.98 Å². The Balaban J connectivity index is 1.12. The molecule has 5 heteroatoms. The summed E-state index contributed by atoms with van der Waals surface area (Å²) in [7, 11) is 0. The highest BCUT2D eigenvalue weighted by Gasteiger charge is 2.37. The van der Waals surface area contributed by atoms with E-state index in [1.807, 2.05) is 6.20 Å². The molecule has 370 valence electrons. The number of hydrogen-bond acceptors (Lipinski definition) is 4. The van der Waals surface area contributed by atoms with Crippen molar-refractivity contribution in [1.29, 1.82) is 0 Å². The number of nitrogens with zero attached hydrogens (tertiary/aromatic N) is 4. The summed E-state index contributed by atoms with van der Waals surface area (Å²) in [5.41, 5.74) is 14.8. The summed E-state index contributed by atoms with van der Waals surface area (Å²) in [5.74, 6) is 2.41. The fourth-order valence-electron chi connectivity index (χ4n) is 10.5. The Labute approximate surface area is 434 Å². The van der Waals surface area contributed by atoms with E-state index >= 15 is 0 Å². The largest absolute Gasteiger partial charge is 0.457 e. The summed E-state index contributed by atoms with van der Waals surface area (Å²) in [6.07, 6.45) is 4.34. The maximum Gasteiger partial charge on any atom is 0.137 e. The highest BCUT2D eigenvalue weighted by molar-refractivity contribution is 6.10. The van der Waals surface area contributed by atoms with Crippen LogP contribution in [0.5, 0.6) is 11.5 Å². The average molecular weight is 961 g/mol. The van der Waals surface area contributed by atoms with Crippen molar-refractivity contribution in [3.63, 3.8) is 0 Å². The first kappa shape index (κ1) is 49.2. The van der Waals surface area contributed by atoms with Gasteiger partial charge in [0.2, 0.25) is 0 Å². The molecule has 10 rings (SSSR count). The second-order valence-corrected chi connectivity index (χ2v) is 24.4. The van der Waals surface area contributed by atoms with E-state index in [1.165, 1.54) is 50.2 Å². The fourth-order valence-corrected chi connectivity index (χ4v) is 10.5. The lowest BCUT2D eigenvalue weighted by Crippen LogP contribution is -2.34. The highest BCUT2D eigenvalue weighted by Crippen LogP contribution is 2.46. The minimum absolute atomic E-state index is 0.00598. The third kappa shape index (κ3) is 9.59. The number of hydrogen-bond donors (Lipinski definition) is 0. The van der Waals surface area contributed by atoms with Gasteiger partial charge in [0.25, 0.3) is 0 Å². The minimum atomic E-state index is -0.364. The predicted molar refractivity (Wildman–Crippen MR) is 309 cm³/mol. The van der Waals surface area contributed by atoms with Crippen molar-refractivity contribution in [2.24, 2.45) is 0 Å². The van der Waals surface area contributed by atoms with Crippen LogP contribution < -0.4 is 14.5 Å². The van der Waals surface area contributed by atoms with Crippen LogP contribution in [0.1, 0.15) is 123 Å². The minimum Gasteiger partial charge on any atom is -0.457 e. The van der Waals surface area contributed by atoms with Crippen molar-refractivity contribution in [2.45, 2.75) is 117 Å². The van der Waals surface area contributed by atoms with Crippen molar-refractivity contribution in [2.75, 3.05) is 16.5 Å². The normalized spacial score (nSPS) is 13.8. The molecule has 0 unspecified atom stereocenters. The van der Waals surface area contributed by atoms with E-state index in [0.717, 1.165) is 50.6 Å². The Bertz CT molecular complexity index is 3510. The van der Waals surface area contributed by atoms with Gasteiger partial charge in [0.05, 0.1) is 17.7 Å². The summed E-state index contributed by atoms with van der Waals surface area (Å²) in [4.78, 5) is 9.97. The van der Waals surface area contributed by atoms with Crippen molar-refractivity contribution < 1.29 is 4.74 Å². The number of benzene rings is 7. The topological polar surface area (TPSA) is 33.5 Å². The molecule has 0 fully saturated rings. The van der Waals surface area contributed by atoms with Gasteiger partial charge in [0.15, 0.2) is 0 Å². The lowest BCUT2D eigenvalue weighted by Gasteiger charge is -2.34. The molecule has 0 saturated heterocycles. The molecule has 5 nitrogen and oxygen atoms in total. The van der Waals surface area contributed by atoms with E-state index in [-0.39, 0.29) is 27.1 Å². The fraction of sp³-hybridized carbons (Fsp3) is 0.279. The summed E-state index contributed by atoms with van der Waals surface area (Å²) in [5, 5.41) is 2.36. The monoisotopic (exact) mass is 961 g/mol. The zero-order chi connectivity index (χ0) is 51.7. The smallest absolute Gasteiger partial charge is 0.137 e. The third-order valence-electron chi connectivity index (χ3n) is 15.3. The molecule has 0 atom stereocenters. The Kier molecular flexibility index (Phi) is 12.3. The SMILES string of the molecule is CC(C)(C)c1cc(N2C=C(C(C)(C)c3ccccc3)N(c3cc(Oc4ccc5c6cc(C(C)(C)C)ccc6n(-c6cc(C(C)(C)C)ccn6)c5c4)cc(-c4ccccc4)c3)C2)cc(C(C)(C)c2ccccc2)c1. The van der Waals surface area contributed by atoms with Crippen molar-refractivity contribution >= 4 is 33.2 Å². The second kappa shape index (κ2) is 18.3. The standard InChI is InChI=1S/C68H72N4O/c1-64(2,3)50-29-32-60-59(40-50)58-31-30-56(43-61(58)72(60)63-41-51(33-34-69-63)65(4,5)6)73-57-36-47(46-23-17-14-18-24-46)35-55(42-57)71-45-70(44-62(71)68(12,13)49-27-21-16-22-28-49)54-38-52(66(7,8)9)37-53(39-54)67(10,11)48-25-19-15-20-26-48/h14-44H,45H2,1-13H3. The summed E-state index contributed by atoms with van der Waals surface area (Å²) >= 11 is 0. The van der Waals surface area contributed by atoms with Crippen LogP contribution >= 0.6 is 0 Å². The summed E-state index contributed by atoms with van der Waals surface area (Å²) in [6, 6.07) is 64.3. The lowest BCUT2D eigenvalue weighted by molar-refractivity contribution is 0.483. The molecule has 1 aliphatic heterocycles. The average Bonchev–Trinajstić information content (AvgIpc) is 3.97. The second-order valence-electron chi connectivity index (χ2n) is 24.4. The van der Waals surface area contributed by atoms with Gasteiger partial charge >= 0.3 is 0 Å². The van der Waals surface area contributed by atoms with E-state index in [0.29, 0.717) is 6.67 Å². The molecule has 2 aromatic heterocycles. The van der Waals surface area contributed by atoms with Gasteiger partial charge in [-0.15, -0.1) is 0 Å². The van der Waals surface area contributed by atoms with Crippen LogP contribution in [-0.2, 0) is 27.1 Å². The maximum absolute atomic E-state index is 7.16. The van der Waals surface area contributed by atoms with Crippen LogP contribution in [0.3, 0.4) is 0 Å². The molecule has 0 spiro atoms. The van der Waals surface area contributed by atoms with E-state index < -0.39 is 0 Å². The Morgan fingerprint density at radius 2 is 1.01 bits per heavy atom. The third-order valence-corrected chi connectivity index (χ3v) is 15.3. The first-order valence-electron chi connectivity index (χ1n) is 26.0. The van der Waals surface area contributed by atoms with E-state index in [2.05, 4.69) is 287 Å². The number of fused-ring (bicyclic) bond motifs is 3. The van der Waals surface area contributed by atoms with Crippen LogP contribution in [0.2, 0.25) is 0 Å². The Morgan fingerprint density at radius 1 is 0.411 bits per heavy atom. The molecule has 0 bridgehead atoms. The molecule has 0 saturated carbocycles. The molecular weight excluding hydrogens is 889 g/mol. The molecule has 0 amide bonds. The number of anilines is 2. The first-order chi connectivity index (χ1) is 34.6. The van der Waals surface area contributed by atoms with E-state index in [4.69, 9.17) is 9.72 Å².